The number of Topliss-reactive ketones (excluding diaryl/α,β-unsaturated/α-hetero) is 1. The Morgan fingerprint density at radius 1 is 1.00 bits per heavy atom. The van der Waals surface area contributed by atoms with Crippen LogP contribution in [0.15, 0.2) is 42.0 Å². The fourth-order valence-corrected chi connectivity index (χ4v) is 4.14. The van der Waals surface area contributed by atoms with E-state index in [0.717, 1.165) is 12.1 Å². The van der Waals surface area contributed by atoms with Crippen LogP contribution in [0, 0.1) is 6.92 Å². The van der Waals surface area contributed by atoms with Crippen LogP contribution in [-0.2, 0) is 9.59 Å². The van der Waals surface area contributed by atoms with Crippen LogP contribution >= 0.6 is 0 Å². The zero-order valence-corrected chi connectivity index (χ0v) is 20.5. The third kappa shape index (κ3) is 4.87. The molecular formula is C26H32N2O6. The topological polar surface area (TPSA) is 88.5 Å². The SMILES string of the molecule is COc1cc([C@@H]2C(=C(O)c3ccc(C)cc3)C(=O)C(=O)N2CCCN(C)C)cc(OC)c1OC. The highest BCUT2D eigenvalue weighted by Gasteiger charge is 2.46. The molecule has 0 aliphatic carbocycles. The van der Waals surface area contributed by atoms with E-state index < -0.39 is 17.7 Å². The molecule has 182 valence electrons. The lowest BCUT2D eigenvalue weighted by Gasteiger charge is -2.27. The summed E-state index contributed by atoms with van der Waals surface area (Å²) in [5, 5.41) is 11.2. The number of rotatable bonds is 9. The Kier molecular flexibility index (Phi) is 7.83. The quantitative estimate of drug-likeness (QED) is 0.343. The molecule has 8 nitrogen and oxygen atoms in total. The van der Waals surface area contributed by atoms with Crippen molar-refractivity contribution in [3.63, 3.8) is 0 Å². The van der Waals surface area contributed by atoms with Crippen LogP contribution in [0.5, 0.6) is 17.2 Å². The minimum atomic E-state index is -0.808. The Bertz CT molecular complexity index is 1070. The lowest BCUT2D eigenvalue weighted by atomic mass is 9.94. The van der Waals surface area contributed by atoms with E-state index in [2.05, 4.69) is 0 Å². The van der Waals surface area contributed by atoms with E-state index in [9.17, 15) is 14.7 Å². The molecule has 1 atom stereocenters. The van der Waals surface area contributed by atoms with Gasteiger partial charge in [0.25, 0.3) is 11.7 Å². The van der Waals surface area contributed by atoms with Crippen LogP contribution in [0.3, 0.4) is 0 Å². The number of carbonyl (C=O) groups excluding carboxylic acids is 2. The van der Waals surface area contributed by atoms with E-state index in [1.807, 2.05) is 38.1 Å². The summed E-state index contributed by atoms with van der Waals surface area (Å²) < 4.78 is 16.4. The zero-order chi connectivity index (χ0) is 25.0. The third-order valence-electron chi connectivity index (χ3n) is 5.87. The van der Waals surface area contributed by atoms with Gasteiger partial charge in [0, 0.05) is 12.1 Å². The monoisotopic (exact) mass is 468 g/mol. The molecule has 3 rings (SSSR count). The molecule has 1 saturated heterocycles. The molecule has 0 spiro atoms. The second-order valence-corrected chi connectivity index (χ2v) is 8.47. The average molecular weight is 469 g/mol. The largest absolute Gasteiger partial charge is 0.507 e. The summed E-state index contributed by atoms with van der Waals surface area (Å²) in [5.41, 5.74) is 2.09. The first-order chi connectivity index (χ1) is 16.2. The summed E-state index contributed by atoms with van der Waals surface area (Å²) in [6.45, 7) is 3.01. The van der Waals surface area contributed by atoms with Crippen LogP contribution in [0.2, 0.25) is 0 Å². The summed E-state index contributed by atoms with van der Waals surface area (Å²) in [6.07, 6.45) is 0.658. The molecule has 0 unspecified atom stereocenters. The molecule has 8 heteroatoms. The van der Waals surface area contributed by atoms with Crippen LogP contribution in [0.25, 0.3) is 5.76 Å². The van der Waals surface area contributed by atoms with E-state index in [1.165, 1.54) is 26.2 Å². The number of aliphatic hydroxyl groups is 1. The maximum atomic E-state index is 13.2. The summed E-state index contributed by atoms with van der Waals surface area (Å²) in [4.78, 5) is 29.8. The summed E-state index contributed by atoms with van der Waals surface area (Å²) >= 11 is 0. The highest BCUT2D eigenvalue weighted by atomic mass is 16.5. The van der Waals surface area contributed by atoms with Crippen LogP contribution in [0.1, 0.15) is 29.2 Å². The molecule has 1 amide bonds. The number of ether oxygens (including phenoxy) is 3. The van der Waals surface area contributed by atoms with E-state index in [4.69, 9.17) is 14.2 Å². The van der Waals surface area contributed by atoms with Crippen molar-refractivity contribution in [3.8, 4) is 17.2 Å². The minimum Gasteiger partial charge on any atom is -0.507 e. The number of amides is 1. The van der Waals surface area contributed by atoms with Gasteiger partial charge in [0.15, 0.2) is 11.5 Å². The van der Waals surface area contributed by atoms with E-state index >= 15 is 0 Å². The Labute approximate surface area is 200 Å². The second kappa shape index (κ2) is 10.6. The van der Waals surface area contributed by atoms with Crippen molar-refractivity contribution in [2.75, 3.05) is 48.5 Å². The Balaban J connectivity index is 2.21. The predicted octanol–water partition coefficient (Wildman–Crippen LogP) is 3.39. The maximum Gasteiger partial charge on any atom is 0.295 e. The zero-order valence-electron chi connectivity index (χ0n) is 20.5. The number of nitrogens with zero attached hydrogens (tertiary/aromatic N) is 2. The van der Waals surface area contributed by atoms with Crippen molar-refractivity contribution in [2.45, 2.75) is 19.4 Å². The summed E-state index contributed by atoms with van der Waals surface area (Å²) in [6, 6.07) is 9.76. The average Bonchev–Trinajstić information content (AvgIpc) is 3.07. The smallest absolute Gasteiger partial charge is 0.295 e. The van der Waals surface area contributed by atoms with Crippen molar-refractivity contribution in [1.29, 1.82) is 0 Å². The molecule has 1 aliphatic heterocycles. The number of ketones is 1. The summed E-state index contributed by atoms with van der Waals surface area (Å²) in [5.74, 6) is -0.394. The fraction of sp³-hybridized carbons (Fsp3) is 0.385. The predicted molar refractivity (Wildman–Crippen MR) is 129 cm³/mol. The van der Waals surface area contributed by atoms with E-state index in [1.54, 1.807) is 24.3 Å². The van der Waals surface area contributed by atoms with Gasteiger partial charge in [-0.2, -0.15) is 0 Å². The minimum absolute atomic E-state index is 0.0352. The maximum absolute atomic E-state index is 13.2. The Morgan fingerprint density at radius 2 is 1.59 bits per heavy atom. The van der Waals surface area contributed by atoms with Crippen LogP contribution in [0.4, 0.5) is 0 Å². The number of hydrogen-bond donors (Lipinski definition) is 1. The van der Waals surface area contributed by atoms with Crippen molar-refractivity contribution >= 4 is 17.4 Å². The van der Waals surface area contributed by atoms with Gasteiger partial charge in [0.2, 0.25) is 5.75 Å². The van der Waals surface area contributed by atoms with Crippen molar-refractivity contribution in [2.24, 2.45) is 0 Å². The van der Waals surface area contributed by atoms with Gasteiger partial charge < -0.3 is 29.1 Å². The molecule has 0 radical (unpaired) electrons. The third-order valence-corrected chi connectivity index (χ3v) is 5.87. The summed E-state index contributed by atoms with van der Waals surface area (Å²) in [7, 11) is 8.40. The second-order valence-electron chi connectivity index (χ2n) is 8.47. The molecule has 1 aliphatic rings. The molecule has 1 fully saturated rings. The standard InChI is InChI=1S/C26H32N2O6/c1-16-8-10-17(11-9-16)23(29)21-22(28(26(31)24(21)30)13-7-12-27(2)3)18-14-19(32-4)25(34-6)20(15-18)33-5/h8-11,14-15,22,29H,7,12-13H2,1-6H3/t22-/m1/s1. The normalized spacial score (nSPS) is 17.4. The number of carbonyl (C=O) groups is 2. The number of aryl methyl sites for hydroxylation is 1. The van der Waals surface area contributed by atoms with E-state index in [-0.39, 0.29) is 11.3 Å². The van der Waals surface area contributed by atoms with Crippen molar-refractivity contribution in [3.05, 3.63) is 58.7 Å². The molecule has 0 aromatic heterocycles. The van der Waals surface area contributed by atoms with Gasteiger partial charge in [0.1, 0.15) is 5.76 Å². The highest BCUT2D eigenvalue weighted by Crippen LogP contribution is 2.45. The first-order valence-electron chi connectivity index (χ1n) is 11.0. The van der Waals surface area contributed by atoms with Crippen LogP contribution in [-0.4, -0.2) is 75.1 Å². The molecule has 0 saturated carbocycles. The van der Waals surface area contributed by atoms with Gasteiger partial charge in [-0.15, -0.1) is 0 Å². The van der Waals surface area contributed by atoms with Gasteiger partial charge >= 0.3 is 0 Å². The van der Waals surface area contributed by atoms with Crippen LogP contribution < -0.4 is 14.2 Å². The number of methoxy groups -OCH3 is 3. The molecular weight excluding hydrogens is 436 g/mol. The molecule has 2 aromatic rings. The molecule has 2 aromatic carbocycles. The fourth-order valence-electron chi connectivity index (χ4n) is 4.14. The number of benzene rings is 2. The Hall–Kier alpha value is -3.52. The molecule has 1 heterocycles. The molecule has 1 N–H and O–H groups in total. The van der Waals surface area contributed by atoms with Gasteiger partial charge in [-0.3, -0.25) is 9.59 Å². The molecule has 0 bridgehead atoms. The number of aliphatic hydroxyl groups excluding tert-OH is 1. The number of likely N-dealkylation sites (tertiary alicyclic amines) is 1. The van der Waals surface area contributed by atoms with Gasteiger partial charge in [-0.25, -0.2) is 0 Å². The Morgan fingerprint density at radius 3 is 2.09 bits per heavy atom. The lowest BCUT2D eigenvalue weighted by molar-refractivity contribution is -0.139. The van der Waals surface area contributed by atoms with Gasteiger partial charge in [-0.05, 0) is 51.7 Å². The first kappa shape index (κ1) is 25.1. The van der Waals surface area contributed by atoms with Gasteiger partial charge in [0.05, 0.1) is 32.9 Å². The number of hydrogen-bond acceptors (Lipinski definition) is 7. The highest BCUT2D eigenvalue weighted by molar-refractivity contribution is 6.46. The van der Waals surface area contributed by atoms with Gasteiger partial charge in [-0.1, -0.05) is 29.8 Å². The van der Waals surface area contributed by atoms with E-state index in [0.29, 0.717) is 41.3 Å². The van der Waals surface area contributed by atoms with Crippen molar-refractivity contribution < 1.29 is 28.9 Å². The first-order valence-corrected chi connectivity index (χ1v) is 11.0. The molecule has 34 heavy (non-hydrogen) atoms. The van der Waals surface area contributed by atoms with Crippen molar-refractivity contribution in [1.82, 2.24) is 9.80 Å². The lowest BCUT2D eigenvalue weighted by Crippen LogP contribution is -2.32.